The highest BCUT2D eigenvalue weighted by Gasteiger charge is 2.10. The third kappa shape index (κ3) is 3.21. The van der Waals surface area contributed by atoms with Gasteiger partial charge in [-0.25, -0.2) is 0 Å². The molecule has 0 radical (unpaired) electrons. The van der Waals surface area contributed by atoms with Crippen LogP contribution in [0.1, 0.15) is 53.3 Å². The van der Waals surface area contributed by atoms with Gasteiger partial charge in [0.2, 0.25) is 0 Å². The SMILES string of the molecule is CCCC1CCCCC1.N.[HH]. The van der Waals surface area contributed by atoms with Crippen molar-refractivity contribution in [2.75, 3.05) is 0 Å². The Balaban J connectivity index is 0. The van der Waals surface area contributed by atoms with Gasteiger partial charge in [0.1, 0.15) is 0 Å². The summed E-state index contributed by atoms with van der Waals surface area (Å²) in [6.45, 7) is 2.30. The summed E-state index contributed by atoms with van der Waals surface area (Å²) in [6, 6.07) is 0. The summed E-state index contributed by atoms with van der Waals surface area (Å²) in [6.07, 6.45) is 10.4. The summed E-state index contributed by atoms with van der Waals surface area (Å²) >= 11 is 0. The van der Waals surface area contributed by atoms with E-state index in [-0.39, 0.29) is 7.58 Å². The first-order valence-corrected chi connectivity index (χ1v) is 4.43. The molecule has 1 heteroatoms. The lowest BCUT2D eigenvalue weighted by atomic mass is 9.86. The minimum Gasteiger partial charge on any atom is -0.344 e. The zero-order valence-electron chi connectivity index (χ0n) is 7.23. The zero-order valence-corrected chi connectivity index (χ0v) is 7.23. The van der Waals surface area contributed by atoms with Crippen LogP contribution in [0.5, 0.6) is 0 Å². The van der Waals surface area contributed by atoms with Gasteiger partial charge in [0.15, 0.2) is 0 Å². The van der Waals surface area contributed by atoms with Gasteiger partial charge in [-0.1, -0.05) is 51.9 Å². The van der Waals surface area contributed by atoms with Gasteiger partial charge in [-0.05, 0) is 5.92 Å². The molecule has 3 N–H and O–H groups in total. The van der Waals surface area contributed by atoms with Gasteiger partial charge in [0, 0.05) is 1.43 Å². The lowest BCUT2D eigenvalue weighted by molar-refractivity contribution is 0.336. The van der Waals surface area contributed by atoms with Crippen LogP contribution in [-0.2, 0) is 0 Å². The second-order valence-corrected chi connectivity index (χ2v) is 3.29. The van der Waals surface area contributed by atoms with Gasteiger partial charge < -0.3 is 6.15 Å². The van der Waals surface area contributed by atoms with Crippen LogP contribution in [0.4, 0.5) is 0 Å². The first-order valence-electron chi connectivity index (χ1n) is 4.43. The van der Waals surface area contributed by atoms with Crippen molar-refractivity contribution in [1.29, 1.82) is 0 Å². The maximum Gasteiger partial charge on any atom is 0 e. The molecule has 10 heavy (non-hydrogen) atoms. The van der Waals surface area contributed by atoms with E-state index in [0.29, 0.717) is 0 Å². The minimum absolute atomic E-state index is 0. The number of rotatable bonds is 2. The Morgan fingerprint density at radius 3 is 2.30 bits per heavy atom. The van der Waals surface area contributed by atoms with Crippen LogP contribution >= 0.6 is 0 Å². The molecule has 0 amide bonds. The standard InChI is InChI=1S/C9H18.H3N.H2/c1-2-6-9-7-4-3-5-8-9;;/h9H,2-8H2,1H3;1H3;1H. The van der Waals surface area contributed by atoms with Crippen LogP contribution in [0.2, 0.25) is 0 Å². The molecule has 0 saturated heterocycles. The summed E-state index contributed by atoms with van der Waals surface area (Å²) in [7, 11) is 0. The molecule has 0 bridgehead atoms. The van der Waals surface area contributed by atoms with Crippen molar-refractivity contribution in [3.63, 3.8) is 0 Å². The van der Waals surface area contributed by atoms with Gasteiger partial charge in [-0.2, -0.15) is 0 Å². The molecule has 0 atom stereocenters. The highest BCUT2D eigenvalue weighted by atomic mass is 14.2. The molecule has 1 aliphatic rings. The topological polar surface area (TPSA) is 35.0 Å². The zero-order chi connectivity index (χ0) is 6.53. The fourth-order valence-electron chi connectivity index (χ4n) is 1.88. The van der Waals surface area contributed by atoms with Crippen molar-refractivity contribution >= 4 is 0 Å². The highest BCUT2D eigenvalue weighted by molar-refractivity contribution is 4.64. The van der Waals surface area contributed by atoms with Crippen molar-refractivity contribution < 1.29 is 1.43 Å². The lowest BCUT2D eigenvalue weighted by Gasteiger charge is -2.20. The van der Waals surface area contributed by atoms with E-state index in [1.54, 1.807) is 0 Å². The third-order valence-electron chi connectivity index (χ3n) is 2.42. The Hall–Kier alpha value is -0.0400. The highest BCUT2D eigenvalue weighted by Crippen LogP contribution is 2.26. The molecule has 1 fully saturated rings. The Kier molecular flexibility index (Phi) is 5.70. The second kappa shape index (κ2) is 5.72. The van der Waals surface area contributed by atoms with Crippen molar-refractivity contribution in [3.8, 4) is 0 Å². The quantitative estimate of drug-likeness (QED) is 0.630. The Labute approximate surface area is 66.3 Å². The summed E-state index contributed by atoms with van der Waals surface area (Å²) < 4.78 is 0. The molecular weight excluding hydrogens is 122 g/mol. The van der Waals surface area contributed by atoms with Crippen molar-refractivity contribution in [2.24, 2.45) is 5.92 Å². The van der Waals surface area contributed by atoms with Crippen LogP contribution in [0.3, 0.4) is 0 Å². The average Bonchev–Trinajstić information content (AvgIpc) is 1.91. The molecule has 0 unspecified atom stereocenters. The maximum atomic E-state index is 2.30. The monoisotopic (exact) mass is 145 g/mol. The van der Waals surface area contributed by atoms with E-state index in [1.807, 2.05) is 0 Å². The molecule has 64 valence electrons. The van der Waals surface area contributed by atoms with Gasteiger partial charge >= 0.3 is 0 Å². The largest absolute Gasteiger partial charge is 0.344 e. The molecule has 0 aliphatic heterocycles. The fraction of sp³-hybridized carbons (Fsp3) is 1.00. The van der Waals surface area contributed by atoms with E-state index in [1.165, 1.54) is 44.9 Å². The number of hydrogen-bond donors (Lipinski definition) is 1. The molecule has 1 rings (SSSR count). The van der Waals surface area contributed by atoms with Crippen LogP contribution < -0.4 is 6.15 Å². The summed E-state index contributed by atoms with van der Waals surface area (Å²) in [5, 5.41) is 0. The normalized spacial score (nSPS) is 20.1. The maximum absolute atomic E-state index is 2.30. The number of hydrogen-bond acceptors (Lipinski definition) is 1. The van der Waals surface area contributed by atoms with Crippen molar-refractivity contribution in [2.45, 2.75) is 51.9 Å². The minimum atomic E-state index is 0. The molecule has 0 heterocycles. The first kappa shape index (κ1) is 9.96. The van der Waals surface area contributed by atoms with Crippen LogP contribution in [0.25, 0.3) is 0 Å². The molecule has 0 spiro atoms. The summed E-state index contributed by atoms with van der Waals surface area (Å²) in [4.78, 5) is 0. The third-order valence-corrected chi connectivity index (χ3v) is 2.42. The van der Waals surface area contributed by atoms with Crippen LogP contribution in [-0.4, -0.2) is 0 Å². The van der Waals surface area contributed by atoms with E-state index < -0.39 is 0 Å². The van der Waals surface area contributed by atoms with Gasteiger partial charge in [-0.3, -0.25) is 0 Å². The van der Waals surface area contributed by atoms with E-state index in [0.717, 1.165) is 5.92 Å². The fourth-order valence-corrected chi connectivity index (χ4v) is 1.88. The van der Waals surface area contributed by atoms with E-state index in [9.17, 15) is 0 Å². The second-order valence-electron chi connectivity index (χ2n) is 3.29. The van der Waals surface area contributed by atoms with E-state index >= 15 is 0 Å². The van der Waals surface area contributed by atoms with E-state index in [2.05, 4.69) is 6.92 Å². The van der Waals surface area contributed by atoms with Gasteiger partial charge in [0.05, 0.1) is 0 Å². The Morgan fingerprint density at radius 2 is 1.80 bits per heavy atom. The lowest BCUT2D eigenvalue weighted by Crippen LogP contribution is -2.04. The molecule has 1 aliphatic carbocycles. The first-order chi connectivity index (χ1) is 4.43. The van der Waals surface area contributed by atoms with Gasteiger partial charge in [-0.15, -0.1) is 0 Å². The predicted octanol–water partition coefficient (Wildman–Crippen LogP) is 3.77. The summed E-state index contributed by atoms with van der Waals surface area (Å²) in [5.41, 5.74) is 0. The molecule has 1 saturated carbocycles. The van der Waals surface area contributed by atoms with Crippen molar-refractivity contribution in [3.05, 3.63) is 0 Å². The smallest absolute Gasteiger partial charge is 0 e. The summed E-state index contributed by atoms with van der Waals surface area (Å²) in [5.74, 6) is 1.10. The molecule has 0 aromatic carbocycles. The van der Waals surface area contributed by atoms with Crippen LogP contribution in [0.15, 0.2) is 0 Å². The molecule has 0 aromatic rings. The Morgan fingerprint density at radius 1 is 1.20 bits per heavy atom. The molecular formula is C9H23N. The van der Waals surface area contributed by atoms with Crippen molar-refractivity contribution in [1.82, 2.24) is 6.15 Å². The molecule has 0 aromatic heterocycles. The van der Waals surface area contributed by atoms with Gasteiger partial charge in [0.25, 0.3) is 0 Å². The van der Waals surface area contributed by atoms with Crippen LogP contribution in [0, 0.1) is 5.92 Å². The van der Waals surface area contributed by atoms with E-state index in [4.69, 9.17) is 0 Å². The average molecular weight is 145 g/mol. The predicted molar refractivity (Wildman–Crippen MR) is 48.6 cm³/mol. The Bertz CT molecular complexity index is 67.2. The molecule has 1 nitrogen and oxygen atoms in total.